The summed E-state index contributed by atoms with van der Waals surface area (Å²) in [7, 11) is 0. The van der Waals surface area contributed by atoms with Crippen molar-refractivity contribution in [3.8, 4) is 0 Å². The molecule has 0 fully saturated rings. The van der Waals surface area contributed by atoms with E-state index in [1.165, 1.54) is 11.2 Å². The number of nitrogens with one attached hydrogen (secondary N) is 1. The molecule has 0 aliphatic heterocycles. The Balaban J connectivity index is 1.68. The van der Waals surface area contributed by atoms with Crippen molar-refractivity contribution < 1.29 is 18.7 Å². The van der Waals surface area contributed by atoms with Gasteiger partial charge in [-0.25, -0.2) is 14.6 Å². The number of amides is 2. The quantitative estimate of drug-likeness (QED) is 0.300. The molecule has 37 heavy (non-hydrogen) atoms. The molecular formula is C27H27ClN4O5. The molecular weight excluding hydrogens is 496 g/mol. The van der Waals surface area contributed by atoms with Crippen LogP contribution < -0.4 is 10.9 Å². The number of rotatable bonds is 8. The van der Waals surface area contributed by atoms with Crippen LogP contribution in [0.5, 0.6) is 0 Å². The third-order valence-electron chi connectivity index (χ3n) is 5.92. The Hall–Kier alpha value is -4.11. The summed E-state index contributed by atoms with van der Waals surface area (Å²) >= 11 is 6.16. The highest BCUT2D eigenvalue weighted by atomic mass is 35.5. The van der Waals surface area contributed by atoms with E-state index in [0.29, 0.717) is 45.3 Å². The largest absolute Gasteiger partial charge is 0.467 e. The summed E-state index contributed by atoms with van der Waals surface area (Å²) in [5.74, 6) is 0.545. The van der Waals surface area contributed by atoms with Crippen molar-refractivity contribution in [2.75, 3.05) is 11.9 Å². The molecule has 0 bridgehead atoms. The molecule has 0 radical (unpaired) electrons. The van der Waals surface area contributed by atoms with Crippen molar-refractivity contribution in [1.82, 2.24) is 14.5 Å². The van der Waals surface area contributed by atoms with Crippen LogP contribution in [0.2, 0.25) is 5.02 Å². The van der Waals surface area contributed by atoms with Crippen LogP contribution in [-0.4, -0.2) is 33.1 Å². The standard InChI is InChI=1S/C27H27ClN4O5/c1-4-31-24(30-23-15-19(28)10-13-22(23)25(31)33)17(3)32(16-21-7-6-14-37-21)27(35)29-20-11-8-18(9-12-20)26(34)36-5-2/h6-15,17H,4-5,16H2,1-3H3,(H,29,35). The molecule has 0 aliphatic rings. The molecule has 1 unspecified atom stereocenters. The van der Waals surface area contributed by atoms with Gasteiger partial charge in [0.25, 0.3) is 5.56 Å². The Labute approximate surface area is 218 Å². The van der Waals surface area contributed by atoms with Crippen LogP contribution in [0, 0.1) is 0 Å². The predicted octanol–water partition coefficient (Wildman–Crippen LogP) is 5.63. The van der Waals surface area contributed by atoms with E-state index in [1.54, 1.807) is 73.0 Å². The first-order valence-electron chi connectivity index (χ1n) is 11.9. The fraction of sp³-hybridized carbons (Fsp3) is 0.259. The van der Waals surface area contributed by atoms with Crippen molar-refractivity contribution in [2.24, 2.45) is 0 Å². The zero-order chi connectivity index (χ0) is 26.5. The van der Waals surface area contributed by atoms with E-state index in [1.807, 2.05) is 6.92 Å². The first kappa shape index (κ1) is 26.0. The second-order valence-corrected chi connectivity index (χ2v) is 8.73. The Kier molecular flexibility index (Phi) is 7.93. The van der Waals surface area contributed by atoms with Crippen molar-refractivity contribution in [1.29, 1.82) is 0 Å². The number of furan rings is 1. The maximum atomic E-state index is 13.5. The summed E-state index contributed by atoms with van der Waals surface area (Å²) in [6.45, 7) is 6.16. The molecule has 0 saturated heterocycles. The number of hydrogen-bond donors (Lipinski definition) is 1. The number of hydrogen-bond acceptors (Lipinski definition) is 6. The second kappa shape index (κ2) is 11.3. The monoisotopic (exact) mass is 522 g/mol. The van der Waals surface area contributed by atoms with Gasteiger partial charge < -0.3 is 19.4 Å². The molecule has 2 amide bonds. The van der Waals surface area contributed by atoms with Crippen LogP contribution in [0.15, 0.2) is 70.1 Å². The van der Waals surface area contributed by atoms with Crippen molar-refractivity contribution in [3.05, 3.63) is 93.4 Å². The smallest absolute Gasteiger partial charge is 0.338 e. The number of benzene rings is 2. The van der Waals surface area contributed by atoms with Gasteiger partial charge in [-0.05, 0) is 75.4 Å². The van der Waals surface area contributed by atoms with Crippen LogP contribution in [0.1, 0.15) is 48.8 Å². The number of urea groups is 1. The number of aromatic nitrogens is 2. The molecule has 4 aromatic rings. The minimum absolute atomic E-state index is 0.133. The summed E-state index contributed by atoms with van der Waals surface area (Å²) < 4.78 is 12.1. The van der Waals surface area contributed by atoms with Crippen molar-refractivity contribution in [3.63, 3.8) is 0 Å². The molecule has 0 aliphatic carbocycles. The Bertz CT molecular complexity index is 1460. The molecule has 4 rings (SSSR count). The van der Waals surface area contributed by atoms with Gasteiger partial charge in [0.05, 0.1) is 41.9 Å². The zero-order valence-corrected chi connectivity index (χ0v) is 21.5. The number of nitrogens with zero attached hydrogens (tertiary/aromatic N) is 3. The number of carbonyl (C=O) groups excluding carboxylic acids is 2. The molecule has 9 nitrogen and oxygen atoms in total. The highest BCUT2D eigenvalue weighted by Crippen LogP contribution is 2.25. The van der Waals surface area contributed by atoms with Crippen molar-refractivity contribution >= 4 is 40.2 Å². The average molecular weight is 523 g/mol. The van der Waals surface area contributed by atoms with Crippen LogP contribution in [0.3, 0.4) is 0 Å². The van der Waals surface area contributed by atoms with E-state index in [9.17, 15) is 14.4 Å². The van der Waals surface area contributed by atoms with E-state index in [2.05, 4.69) is 5.32 Å². The topological polar surface area (TPSA) is 107 Å². The predicted molar refractivity (Wildman–Crippen MR) is 141 cm³/mol. The minimum Gasteiger partial charge on any atom is -0.467 e. The second-order valence-electron chi connectivity index (χ2n) is 8.29. The lowest BCUT2D eigenvalue weighted by molar-refractivity contribution is 0.0526. The van der Waals surface area contributed by atoms with Gasteiger partial charge in [0.15, 0.2) is 0 Å². The Morgan fingerprint density at radius 2 is 1.92 bits per heavy atom. The van der Waals surface area contributed by atoms with Crippen LogP contribution in [0.25, 0.3) is 10.9 Å². The lowest BCUT2D eigenvalue weighted by Crippen LogP contribution is -2.39. The number of ether oxygens (including phenoxy) is 1. The molecule has 192 valence electrons. The fourth-order valence-corrected chi connectivity index (χ4v) is 4.20. The Morgan fingerprint density at radius 1 is 1.16 bits per heavy atom. The normalized spacial score (nSPS) is 11.8. The number of anilines is 1. The summed E-state index contributed by atoms with van der Waals surface area (Å²) in [6, 6.07) is 13.8. The minimum atomic E-state index is -0.611. The first-order chi connectivity index (χ1) is 17.8. The van der Waals surface area contributed by atoms with Gasteiger partial charge in [0.2, 0.25) is 0 Å². The molecule has 2 aromatic heterocycles. The highest BCUT2D eigenvalue weighted by Gasteiger charge is 2.27. The SMILES string of the molecule is CCOC(=O)c1ccc(NC(=O)N(Cc2ccco2)C(C)c2nc3cc(Cl)ccc3c(=O)n2CC)cc1. The molecule has 2 heterocycles. The summed E-state index contributed by atoms with van der Waals surface area (Å²) in [5.41, 5.74) is 1.11. The lowest BCUT2D eigenvalue weighted by Gasteiger charge is -2.30. The summed E-state index contributed by atoms with van der Waals surface area (Å²) in [5, 5.41) is 3.77. The van der Waals surface area contributed by atoms with E-state index < -0.39 is 18.0 Å². The third-order valence-corrected chi connectivity index (χ3v) is 6.15. The van der Waals surface area contributed by atoms with Crippen LogP contribution in [0.4, 0.5) is 10.5 Å². The van der Waals surface area contributed by atoms with Gasteiger partial charge in [0.1, 0.15) is 11.6 Å². The maximum Gasteiger partial charge on any atom is 0.338 e. The maximum absolute atomic E-state index is 13.5. The van der Waals surface area contributed by atoms with Crippen LogP contribution in [-0.2, 0) is 17.8 Å². The van der Waals surface area contributed by atoms with Gasteiger partial charge in [-0.2, -0.15) is 0 Å². The average Bonchev–Trinajstić information content (AvgIpc) is 3.40. The molecule has 0 spiro atoms. The Morgan fingerprint density at radius 3 is 2.57 bits per heavy atom. The first-order valence-corrected chi connectivity index (χ1v) is 12.3. The van der Waals surface area contributed by atoms with Gasteiger partial charge in [-0.1, -0.05) is 11.6 Å². The molecule has 10 heteroatoms. The number of carbonyl (C=O) groups is 2. The van der Waals surface area contributed by atoms with Gasteiger partial charge >= 0.3 is 12.0 Å². The lowest BCUT2D eigenvalue weighted by atomic mass is 10.2. The summed E-state index contributed by atoms with van der Waals surface area (Å²) in [6.07, 6.45) is 1.53. The van der Waals surface area contributed by atoms with E-state index in [-0.39, 0.29) is 18.7 Å². The molecule has 1 atom stereocenters. The van der Waals surface area contributed by atoms with Crippen molar-refractivity contribution in [2.45, 2.75) is 39.9 Å². The zero-order valence-electron chi connectivity index (χ0n) is 20.7. The summed E-state index contributed by atoms with van der Waals surface area (Å²) in [4.78, 5) is 45.0. The van der Waals surface area contributed by atoms with Gasteiger partial charge in [0, 0.05) is 17.3 Å². The third kappa shape index (κ3) is 5.67. The van der Waals surface area contributed by atoms with Crippen LogP contribution >= 0.6 is 11.6 Å². The number of halogens is 1. The molecule has 1 N–H and O–H groups in total. The van der Waals surface area contributed by atoms with Gasteiger partial charge in [-0.3, -0.25) is 9.36 Å². The number of esters is 1. The molecule has 0 saturated carbocycles. The molecule has 2 aromatic carbocycles. The fourth-order valence-electron chi connectivity index (χ4n) is 4.03. The van der Waals surface area contributed by atoms with E-state index >= 15 is 0 Å². The van der Waals surface area contributed by atoms with E-state index in [4.69, 9.17) is 25.7 Å². The van der Waals surface area contributed by atoms with E-state index in [0.717, 1.165) is 0 Å². The van der Waals surface area contributed by atoms with Gasteiger partial charge in [-0.15, -0.1) is 0 Å². The highest BCUT2D eigenvalue weighted by molar-refractivity contribution is 6.31. The number of fused-ring (bicyclic) bond motifs is 1.